The quantitative estimate of drug-likeness (QED) is 0.675. The molecule has 2 aromatic rings. The van der Waals surface area contributed by atoms with Gasteiger partial charge in [0.25, 0.3) is 0 Å². The number of allylic oxidation sites excluding steroid dienone is 1. The van der Waals surface area contributed by atoms with Crippen molar-refractivity contribution in [3.63, 3.8) is 0 Å². The molecule has 0 radical (unpaired) electrons. The first-order valence-corrected chi connectivity index (χ1v) is 6.12. The Morgan fingerprint density at radius 3 is 2.84 bits per heavy atom. The summed E-state index contributed by atoms with van der Waals surface area (Å²) < 4.78 is 1.75. The SMILES string of the molecule is CC(C)n1cc(C(=O)/C=C\c2cccc(O)c2)cn1. The van der Waals surface area contributed by atoms with E-state index >= 15 is 0 Å². The van der Waals surface area contributed by atoms with Crippen molar-refractivity contribution in [1.82, 2.24) is 9.78 Å². The van der Waals surface area contributed by atoms with Gasteiger partial charge in [0.05, 0.1) is 11.8 Å². The van der Waals surface area contributed by atoms with Crippen molar-refractivity contribution in [2.24, 2.45) is 0 Å². The molecule has 4 heteroatoms. The Labute approximate surface area is 112 Å². The van der Waals surface area contributed by atoms with Gasteiger partial charge in [-0.25, -0.2) is 0 Å². The summed E-state index contributed by atoms with van der Waals surface area (Å²) in [5, 5.41) is 13.5. The van der Waals surface area contributed by atoms with E-state index in [0.717, 1.165) is 5.56 Å². The van der Waals surface area contributed by atoms with Crippen LogP contribution < -0.4 is 0 Å². The highest BCUT2D eigenvalue weighted by molar-refractivity contribution is 6.06. The summed E-state index contributed by atoms with van der Waals surface area (Å²) in [5.74, 6) is 0.0810. The van der Waals surface area contributed by atoms with Crippen molar-refractivity contribution in [3.8, 4) is 5.75 Å². The molecule has 0 amide bonds. The van der Waals surface area contributed by atoms with Crippen molar-refractivity contribution in [1.29, 1.82) is 0 Å². The number of carbonyl (C=O) groups is 1. The van der Waals surface area contributed by atoms with Crippen LogP contribution in [0.15, 0.2) is 42.7 Å². The van der Waals surface area contributed by atoms with Gasteiger partial charge in [-0.2, -0.15) is 5.10 Å². The highest BCUT2D eigenvalue weighted by atomic mass is 16.3. The van der Waals surface area contributed by atoms with E-state index in [1.807, 2.05) is 19.9 Å². The third kappa shape index (κ3) is 3.31. The Hall–Kier alpha value is -2.36. The second kappa shape index (κ2) is 5.52. The molecular formula is C15H16N2O2. The van der Waals surface area contributed by atoms with Crippen LogP contribution in [0.5, 0.6) is 5.75 Å². The van der Waals surface area contributed by atoms with Gasteiger partial charge < -0.3 is 5.11 Å². The molecule has 0 aliphatic heterocycles. The Balaban J connectivity index is 2.12. The monoisotopic (exact) mass is 256 g/mol. The molecule has 4 nitrogen and oxygen atoms in total. The van der Waals surface area contributed by atoms with E-state index in [4.69, 9.17) is 0 Å². The van der Waals surface area contributed by atoms with Gasteiger partial charge in [0.2, 0.25) is 0 Å². The van der Waals surface area contributed by atoms with E-state index in [2.05, 4.69) is 5.10 Å². The molecule has 1 heterocycles. The summed E-state index contributed by atoms with van der Waals surface area (Å²) >= 11 is 0. The van der Waals surface area contributed by atoms with Crippen LogP contribution in [-0.2, 0) is 0 Å². The maximum atomic E-state index is 11.9. The molecule has 0 fully saturated rings. The van der Waals surface area contributed by atoms with Crippen molar-refractivity contribution in [3.05, 3.63) is 53.9 Å². The smallest absolute Gasteiger partial charge is 0.189 e. The van der Waals surface area contributed by atoms with Crippen molar-refractivity contribution in [2.75, 3.05) is 0 Å². The average Bonchev–Trinajstić information content (AvgIpc) is 2.86. The van der Waals surface area contributed by atoms with Crippen molar-refractivity contribution < 1.29 is 9.90 Å². The summed E-state index contributed by atoms with van der Waals surface area (Å²) in [4.78, 5) is 11.9. The largest absolute Gasteiger partial charge is 0.508 e. The third-order valence-electron chi connectivity index (χ3n) is 2.71. The molecule has 0 saturated carbocycles. The minimum Gasteiger partial charge on any atom is -0.508 e. The lowest BCUT2D eigenvalue weighted by atomic mass is 10.1. The molecule has 0 saturated heterocycles. The summed E-state index contributed by atoms with van der Waals surface area (Å²) in [6.07, 6.45) is 6.46. The van der Waals surface area contributed by atoms with Crippen LogP contribution >= 0.6 is 0 Å². The van der Waals surface area contributed by atoms with Crippen LogP contribution in [-0.4, -0.2) is 20.7 Å². The molecule has 19 heavy (non-hydrogen) atoms. The van der Waals surface area contributed by atoms with Crippen molar-refractivity contribution >= 4 is 11.9 Å². The molecule has 0 aliphatic carbocycles. The zero-order valence-corrected chi connectivity index (χ0v) is 10.9. The topological polar surface area (TPSA) is 55.1 Å². The van der Waals surface area contributed by atoms with E-state index in [1.165, 1.54) is 6.08 Å². The first kappa shape index (κ1) is 13.1. The van der Waals surface area contributed by atoms with Gasteiger partial charge >= 0.3 is 0 Å². The van der Waals surface area contributed by atoms with E-state index in [-0.39, 0.29) is 17.6 Å². The molecular weight excluding hydrogens is 240 g/mol. The molecule has 0 spiro atoms. The van der Waals surface area contributed by atoms with Gasteiger partial charge in [-0.3, -0.25) is 9.48 Å². The van der Waals surface area contributed by atoms with Crippen LogP contribution in [0.2, 0.25) is 0 Å². The van der Waals surface area contributed by atoms with Crippen LogP contribution in [0.1, 0.15) is 35.8 Å². The minimum atomic E-state index is -0.102. The van der Waals surface area contributed by atoms with E-state index in [0.29, 0.717) is 5.56 Å². The van der Waals surface area contributed by atoms with Gasteiger partial charge in [0.1, 0.15) is 5.75 Å². The maximum Gasteiger partial charge on any atom is 0.189 e. The minimum absolute atomic E-state index is 0.102. The molecule has 0 atom stereocenters. The Morgan fingerprint density at radius 2 is 2.21 bits per heavy atom. The second-order valence-electron chi connectivity index (χ2n) is 4.60. The lowest BCUT2D eigenvalue weighted by molar-refractivity contribution is 0.104. The number of ketones is 1. The van der Waals surface area contributed by atoms with Crippen LogP contribution in [0.4, 0.5) is 0 Å². The predicted molar refractivity (Wildman–Crippen MR) is 74.1 cm³/mol. The van der Waals surface area contributed by atoms with Gasteiger partial charge in [-0.1, -0.05) is 18.2 Å². The number of phenolic OH excluding ortho intramolecular Hbond substituents is 1. The lowest BCUT2D eigenvalue weighted by Gasteiger charge is -2.02. The fourth-order valence-electron chi connectivity index (χ4n) is 1.64. The van der Waals surface area contributed by atoms with E-state index in [9.17, 15) is 9.90 Å². The molecule has 98 valence electrons. The van der Waals surface area contributed by atoms with Gasteiger partial charge in [0, 0.05) is 12.2 Å². The molecule has 1 N–H and O–H groups in total. The van der Waals surface area contributed by atoms with E-state index < -0.39 is 0 Å². The van der Waals surface area contributed by atoms with Crippen LogP contribution in [0.3, 0.4) is 0 Å². The Kier molecular flexibility index (Phi) is 3.80. The number of benzene rings is 1. The van der Waals surface area contributed by atoms with Gasteiger partial charge in [0.15, 0.2) is 5.78 Å². The molecule has 0 unspecified atom stereocenters. The number of hydrogen-bond acceptors (Lipinski definition) is 3. The highest BCUT2D eigenvalue weighted by Gasteiger charge is 2.06. The van der Waals surface area contributed by atoms with Gasteiger partial charge in [-0.15, -0.1) is 0 Å². The summed E-state index contributed by atoms with van der Waals surface area (Å²) in [7, 11) is 0. The zero-order chi connectivity index (χ0) is 13.8. The number of rotatable bonds is 4. The number of aromatic hydroxyl groups is 1. The summed E-state index contributed by atoms with van der Waals surface area (Å²) in [5.41, 5.74) is 1.34. The Morgan fingerprint density at radius 1 is 1.42 bits per heavy atom. The molecule has 1 aromatic heterocycles. The summed E-state index contributed by atoms with van der Waals surface area (Å²) in [6, 6.07) is 6.97. The Bertz CT molecular complexity index is 612. The fourth-order valence-corrected chi connectivity index (χ4v) is 1.64. The second-order valence-corrected chi connectivity index (χ2v) is 4.60. The average molecular weight is 256 g/mol. The number of aromatic nitrogens is 2. The first-order valence-electron chi connectivity index (χ1n) is 6.12. The fraction of sp³-hybridized carbons (Fsp3) is 0.200. The highest BCUT2D eigenvalue weighted by Crippen LogP contribution is 2.13. The molecule has 0 bridgehead atoms. The van der Waals surface area contributed by atoms with Crippen LogP contribution in [0.25, 0.3) is 6.08 Å². The molecule has 1 aromatic carbocycles. The molecule has 2 rings (SSSR count). The standard InChI is InChI=1S/C15H16N2O2/c1-11(2)17-10-13(9-16-17)15(19)7-6-12-4-3-5-14(18)8-12/h3-11,18H,1-2H3/b7-6-. The van der Waals surface area contributed by atoms with Crippen molar-refractivity contribution in [2.45, 2.75) is 19.9 Å². The lowest BCUT2D eigenvalue weighted by Crippen LogP contribution is -2.00. The number of hydrogen-bond donors (Lipinski definition) is 1. The van der Waals surface area contributed by atoms with E-state index in [1.54, 1.807) is 41.4 Å². The predicted octanol–water partition coefficient (Wildman–Crippen LogP) is 3.07. The van der Waals surface area contributed by atoms with Gasteiger partial charge in [-0.05, 0) is 37.6 Å². The third-order valence-corrected chi connectivity index (χ3v) is 2.71. The number of nitrogens with zero attached hydrogens (tertiary/aromatic N) is 2. The maximum absolute atomic E-state index is 11.9. The first-order chi connectivity index (χ1) is 9.06. The zero-order valence-electron chi connectivity index (χ0n) is 10.9. The summed E-state index contributed by atoms with van der Waals surface area (Å²) in [6.45, 7) is 4.01. The molecule has 0 aliphatic rings. The van der Waals surface area contributed by atoms with Crippen LogP contribution in [0, 0.1) is 0 Å². The number of phenols is 1. The number of carbonyl (C=O) groups excluding carboxylic acids is 1. The normalized spacial score (nSPS) is 11.3.